The molecule has 2 aromatic carbocycles. The summed E-state index contributed by atoms with van der Waals surface area (Å²) in [7, 11) is 1.11. The van der Waals surface area contributed by atoms with Crippen LogP contribution in [-0.4, -0.2) is 18.3 Å². The summed E-state index contributed by atoms with van der Waals surface area (Å²) in [4.78, 5) is 12.0. The highest BCUT2D eigenvalue weighted by molar-refractivity contribution is 8.04. The van der Waals surface area contributed by atoms with Gasteiger partial charge in [0, 0.05) is 5.25 Å². The molecule has 0 aromatic heterocycles. The van der Waals surface area contributed by atoms with Crippen molar-refractivity contribution < 1.29 is 22.7 Å². The first-order valence-corrected chi connectivity index (χ1v) is 8.51. The minimum Gasteiger partial charge on any atom is -0.465 e. The Hall–Kier alpha value is -2.59. The highest BCUT2D eigenvalue weighted by Crippen LogP contribution is 2.30. The van der Waals surface area contributed by atoms with Crippen molar-refractivity contribution in [2.75, 3.05) is 12.4 Å². The van der Waals surface area contributed by atoms with Crippen molar-refractivity contribution >= 4 is 29.1 Å². The Morgan fingerprint density at radius 3 is 2.50 bits per heavy atom. The molecule has 0 aliphatic carbocycles. The Morgan fingerprint density at radius 1 is 1.19 bits per heavy atom. The molecule has 0 bridgehead atoms. The Kier molecular flexibility index (Phi) is 6.58. The van der Waals surface area contributed by atoms with Crippen LogP contribution in [0.15, 0.2) is 30.3 Å². The summed E-state index contributed by atoms with van der Waals surface area (Å²) in [5.74, 6) is -1.65. The van der Waals surface area contributed by atoms with Crippen LogP contribution in [0.4, 0.5) is 24.5 Å². The maximum absolute atomic E-state index is 14.6. The number of methoxy groups -OCH3 is 1. The number of nitrogens with one attached hydrogen (secondary N) is 1. The third kappa shape index (κ3) is 4.52. The minimum absolute atomic E-state index is 0.106. The zero-order valence-electron chi connectivity index (χ0n) is 14.3. The van der Waals surface area contributed by atoms with Crippen LogP contribution >= 0.6 is 11.8 Å². The van der Waals surface area contributed by atoms with Gasteiger partial charge in [-0.15, -0.1) is 0 Å². The summed E-state index contributed by atoms with van der Waals surface area (Å²) < 4.78 is 47.4. The highest BCUT2D eigenvalue weighted by atomic mass is 32.2. The molecule has 0 saturated heterocycles. The molecule has 0 radical (unpaired) electrons. The second kappa shape index (κ2) is 8.68. The fraction of sp³-hybridized carbons (Fsp3) is 0.211. The number of carbonyl (C=O) groups excluding carboxylic acids is 1. The van der Waals surface area contributed by atoms with E-state index < -0.39 is 29.1 Å². The third-order valence-corrected chi connectivity index (χ3v) is 3.92. The molecule has 0 unspecified atom stereocenters. The van der Waals surface area contributed by atoms with Gasteiger partial charge in [0.2, 0.25) is 0 Å². The van der Waals surface area contributed by atoms with Gasteiger partial charge in [-0.1, -0.05) is 43.7 Å². The van der Waals surface area contributed by atoms with Gasteiger partial charge in [0.25, 0.3) is 0 Å². The van der Waals surface area contributed by atoms with Gasteiger partial charge in [-0.2, -0.15) is 0 Å². The highest BCUT2D eigenvalue weighted by Gasteiger charge is 2.23. The quantitative estimate of drug-likeness (QED) is 0.594. The minimum atomic E-state index is -1.34. The van der Waals surface area contributed by atoms with E-state index in [0.717, 1.165) is 19.2 Å². The average molecular weight is 379 g/mol. The molecule has 0 saturated carbocycles. The number of esters is 1. The average Bonchev–Trinajstić information content (AvgIpc) is 2.61. The van der Waals surface area contributed by atoms with Crippen molar-refractivity contribution in [2.24, 2.45) is 0 Å². The number of hydrogen-bond acceptors (Lipinski definition) is 4. The largest absolute Gasteiger partial charge is 0.465 e. The van der Waals surface area contributed by atoms with Gasteiger partial charge in [0.1, 0.15) is 5.82 Å². The van der Waals surface area contributed by atoms with Crippen LogP contribution in [0.5, 0.6) is 0 Å². The first-order valence-electron chi connectivity index (χ1n) is 7.63. The van der Waals surface area contributed by atoms with Gasteiger partial charge in [0.05, 0.1) is 29.6 Å². The van der Waals surface area contributed by atoms with E-state index in [-0.39, 0.29) is 22.1 Å². The number of para-hydroxylation sites is 1. The predicted octanol–water partition coefficient (Wildman–Crippen LogP) is 5.08. The van der Waals surface area contributed by atoms with Crippen LogP contribution in [0.3, 0.4) is 0 Å². The molecular formula is C19H16F3NO2S. The summed E-state index contributed by atoms with van der Waals surface area (Å²) >= 11 is 1.24. The summed E-state index contributed by atoms with van der Waals surface area (Å²) in [6.45, 7) is 3.80. The Balaban J connectivity index is 2.56. The van der Waals surface area contributed by atoms with Crippen molar-refractivity contribution in [2.45, 2.75) is 19.1 Å². The first kappa shape index (κ1) is 19.7. The van der Waals surface area contributed by atoms with Gasteiger partial charge in [0.15, 0.2) is 11.6 Å². The first-order chi connectivity index (χ1) is 12.3. The van der Waals surface area contributed by atoms with Crippen LogP contribution in [0.1, 0.15) is 29.8 Å². The van der Waals surface area contributed by atoms with E-state index in [1.807, 2.05) is 13.8 Å². The molecule has 0 aliphatic rings. The lowest BCUT2D eigenvalue weighted by atomic mass is 10.1. The topological polar surface area (TPSA) is 38.3 Å². The zero-order valence-corrected chi connectivity index (χ0v) is 15.1. The standard InChI is InChI=1S/C19H16F3NO2S/c1-11(2)26-9-8-12-10-13(19(24)25-3)18(17(22)16(12)21)23-15-7-5-4-6-14(15)20/h4-7,10-11,23H,1-3H3. The Labute approximate surface area is 153 Å². The number of benzene rings is 2. The number of thioether (sulfide) groups is 1. The van der Waals surface area contributed by atoms with E-state index in [0.29, 0.717) is 0 Å². The summed E-state index contributed by atoms with van der Waals surface area (Å²) in [5.41, 5.74) is -1.18. The lowest BCUT2D eigenvalue weighted by Crippen LogP contribution is -2.11. The van der Waals surface area contributed by atoms with Gasteiger partial charge >= 0.3 is 5.97 Å². The van der Waals surface area contributed by atoms with Crippen molar-refractivity contribution in [3.05, 3.63) is 58.9 Å². The molecule has 0 heterocycles. The summed E-state index contributed by atoms with van der Waals surface area (Å²) in [5, 5.41) is 5.26. The molecule has 0 atom stereocenters. The third-order valence-electron chi connectivity index (χ3n) is 3.23. The molecule has 136 valence electrons. The van der Waals surface area contributed by atoms with Gasteiger partial charge in [-0.3, -0.25) is 0 Å². The fourth-order valence-electron chi connectivity index (χ4n) is 2.01. The summed E-state index contributed by atoms with van der Waals surface area (Å²) in [6, 6.07) is 6.53. The molecule has 0 spiro atoms. The number of carbonyl (C=O) groups is 1. The smallest absolute Gasteiger partial charge is 0.340 e. The van der Waals surface area contributed by atoms with Crippen molar-refractivity contribution in [3.8, 4) is 11.2 Å². The second-order valence-electron chi connectivity index (χ2n) is 5.46. The van der Waals surface area contributed by atoms with Crippen LogP contribution in [-0.2, 0) is 4.74 Å². The van der Waals surface area contributed by atoms with Crippen molar-refractivity contribution in [1.29, 1.82) is 0 Å². The number of ether oxygens (including phenoxy) is 1. The Bertz CT molecular complexity index is 888. The SMILES string of the molecule is COC(=O)c1cc(C#CSC(C)C)c(F)c(F)c1Nc1ccccc1F. The molecule has 0 aliphatic heterocycles. The van der Waals surface area contributed by atoms with Crippen molar-refractivity contribution in [3.63, 3.8) is 0 Å². The van der Waals surface area contributed by atoms with Gasteiger partial charge in [-0.25, -0.2) is 18.0 Å². The summed E-state index contributed by atoms with van der Waals surface area (Å²) in [6.07, 6.45) is 0. The van der Waals surface area contributed by atoms with E-state index in [2.05, 4.69) is 21.2 Å². The van der Waals surface area contributed by atoms with E-state index >= 15 is 0 Å². The van der Waals surface area contributed by atoms with E-state index in [1.54, 1.807) is 0 Å². The number of rotatable bonds is 4. The van der Waals surface area contributed by atoms with Crippen LogP contribution in [0.25, 0.3) is 0 Å². The maximum atomic E-state index is 14.6. The number of hydrogen-bond donors (Lipinski definition) is 1. The van der Waals surface area contributed by atoms with Gasteiger partial charge < -0.3 is 10.1 Å². The zero-order chi connectivity index (χ0) is 19.3. The molecular weight excluding hydrogens is 363 g/mol. The molecule has 2 aromatic rings. The number of halogens is 3. The lowest BCUT2D eigenvalue weighted by molar-refractivity contribution is 0.0601. The molecule has 1 N–H and O–H groups in total. The Morgan fingerprint density at radius 2 is 1.88 bits per heavy atom. The molecule has 7 heteroatoms. The van der Waals surface area contributed by atoms with E-state index in [4.69, 9.17) is 0 Å². The van der Waals surface area contributed by atoms with Gasteiger partial charge in [-0.05, 0) is 23.5 Å². The predicted molar refractivity (Wildman–Crippen MR) is 97.0 cm³/mol. The van der Waals surface area contributed by atoms with E-state index in [9.17, 15) is 18.0 Å². The van der Waals surface area contributed by atoms with Crippen LogP contribution in [0.2, 0.25) is 0 Å². The molecule has 0 amide bonds. The van der Waals surface area contributed by atoms with Crippen LogP contribution in [0, 0.1) is 28.6 Å². The second-order valence-corrected chi connectivity index (χ2v) is 6.85. The fourth-order valence-corrected chi connectivity index (χ4v) is 2.41. The maximum Gasteiger partial charge on any atom is 0.340 e. The lowest BCUT2D eigenvalue weighted by Gasteiger charge is -2.14. The monoisotopic (exact) mass is 379 g/mol. The van der Waals surface area contributed by atoms with E-state index in [1.165, 1.54) is 30.0 Å². The van der Waals surface area contributed by atoms with Crippen molar-refractivity contribution in [1.82, 2.24) is 0 Å². The van der Waals surface area contributed by atoms with Crippen LogP contribution < -0.4 is 5.32 Å². The molecule has 26 heavy (non-hydrogen) atoms. The number of anilines is 2. The molecule has 0 fully saturated rings. The molecule has 2 rings (SSSR count). The normalized spacial score (nSPS) is 10.3. The molecule has 3 nitrogen and oxygen atoms in total.